The van der Waals surface area contributed by atoms with Crippen molar-refractivity contribution in [3.8, 4) is 11.3 Å². The number of hydrogen-bond acceptors (Lipinski definition) is 5. The second-order valence-corrected chi connectivity index (χ2v) is 7.33. The van der Waals surface area contributed by atoms with Crippen LogP contribution >= 0.6 is 0 Å². The van der Waals surface area contributed by atoms with Gasteiger partial charge in [-0.3, -0.25) is 9.89 Å². The van der Waals surface area contributed by atoms with E-state index < -0.39 is 0 Å². The first kappa shape index (κ1) is 17.7. The predicted octanol–water partition coefficient (Wildman–Crippen LogP) is 2.53. The predicted molar refractivity (Wildman–Crippen MR) is 111 cm³/mol. The number of rotatable bonds is 5. The molecule has 0 radical (unpaired) electrons. The van der Waals surface area contributed by atoms with Gasteiger partial charge in [-0.25, -0.2) is 4.98 Å². The molecule has 3 aromatic heterocycles. The Morgan fingerprint density at radius 3 is 3.00 bits per heavy atom. The van der Waals surface area contributed by atoms with Crippen molar-refractivity contribution in [2.24, 2.45) is 0 Å². The summed E-state index contributed by atoms with van der Waals surface area (Å²) in [6.07, 6.45) is 3.85. The molecule has 8 nitrogen and oxygen atoms in total. The van der Waals surface area contributed by atoms with Crippen LogP contribution in [0.3, 0.4) is 0 Å². The minimum atomic E-state index is -0.300. The van der Waals surface area contributed by atoms with Crippen LogP contribution in [0.25, 0.3) is 33.1 Å². The quantitative estimate of drug-likeness (QED) is 0.417. The van der Waals surface area contributed by atoms with Gasteiger partial charge in [0.1, 0.15) is 11.9 Å². The number of amides is 1. The van der Waals surface area contributed by atoms with E-state index in [2.05, 4.69) is 25.5 Å². The van der Waals surface area contributed by atoms with Crippen molar-refractivity contribution in [1.82, 2.24) is 25.5 Å². The van der Waals surface area contributed by atoms with E-state index in [9.17, 15) is 4.79 Å². The number of benzene rings is 1. The Morgan fingerprint density at radius 1 is 1.28 bits per heavy atom. The van der Waals surface area contributed by atoms with Crippen molar-refractivity contribution in [3.63, 3.8) is 0 Å². The second-order valence-electron chi connectivity index (χ2n) is 7.33. The standard InChI is InChI=1S/C21H22N6O2/c22-20-15-11-13(5-7-23-21(28)18-2-1-9-29-18)25-19(15)14-4-3-12(10-17(14)26-20)16-6-8-24-27-16/h3-4,6,8,10-11,18,25H,1-2,5,7,9H2,(H2,22,26)(H,23,28)(H,24,27). The van der Waals surface area contributed by atoms with E-state index in [-0.39, 0.29) is 12.0 Å². The fourth-order valence-electron chi connectivity index (χ4n) is 3.89. The summed E-state index contributed by atoms with van der Waals surface area (Å²) in [5.74, 6) is 0.455. The number of fused-ring (bicyclic) bond motifs is 3. The number of H-pyrrole nitrogens is 2. The summed E-state index contributed by atoms with van der Waals surface area (Å²) >= 11 is 0. The summed E-state index contributed by atoms with van der Waals surface area (Å²) in [4.78, 5) is 20.1. The highest BCUT2D eigenvalue weighted by molar-refractivity contribution is 6.08. The van der Waals surface area contributed by atoms with Crippen molar-refractivity contribution in [1.29, 1.82) is 0 Å². The van der Waals surface area contributed by atoms with E-state index in [0.717, 1.165) is 51.6 Å². The van der Waals surface area contributed by atoms with Crippen LogP contribution in [0.1, 0.15) is 18.5 Å². The fourth-order valence-corrected chi connectivity index (χ4v) is 3.89. The number of ether oxygens (including phenoxy) is 1. The number of nitrogens with one attached hydrogen (secondary N) is 3. The molecule has 1 aliphatic rings. The highest BCUT2D eigenvalue weighted by atomic mass is 16.5. The van der Waals surface area contributed by atoms with Crippen LogP contribution in [0.15, 0.2) is 36.5 Å². The van der Waals surface area contributed by atoms with Crippen LogP contribution in [0.4, 0.5) is 5.82 Å². The molecule has 1 aliphatic heterocycles. The molecule has 148 valence electrons. The summed E-state index contributed by atoms with van der Waals surface area (Å²) < 4.78 is 5.42. The summed E-state index contributed by atoms with van der Waals surface area (Å²) in [6, 6.07) is 10.0. The van der Waals surface area contributed by atoms with E-state index in [0.29, 0.717) is 25.4 Å². The van der Waals surface area contributed by atoms with Gasteiger partial charge >= 0.3 is 0 Å². The first-order valence-corrected chi connectivity index (χ1v) is 9.79. The lowest BCUT2D eigenvalue weighted by Crippen LogP contribution is -2.35. The lowest BCUT2D eigenvalue weighted by molar-refractivity contribution is -0.129. The van der Waals surface area contributed by atoms with Gasteiger partial charge in [0, 0.05) is 47.8 Å². The molecule has 1 aromatic carbocycles. The first-order valence-electron chi connectivity index (χ1n) is 9.79. The molecule has 1 unspecified atom stereocenters. The van der Waals surface area contributed by atoms with Crippen LogP contribution in [-0.2, 0) is 16.0 Å². The molecule has 0 saturated carbocycles. The van der Waals surface area contributed by atoms with E-state index in [1.807, 2.05) is 30.3 Å². The van der Waals surface area contributed by atoms with Gasteiger partial charge in [-0.2, -0.15) is 5.10 Å². The molecule has 5 rings (SSSR count). The third kappa shape index (κ3) is 3.31. The molecule has 4 aromatic rings. The Hall–Kier alpha value is -3.39. The molecular weight excluding hydrogens is 368 g/mol. The Kier molecular flexibility index (Phi) is 4.40. The molecule has 8 heteroatoms. The molecule has 0 aliphatic carbocycles. The average molecular weight is 390 g/mol. The van der Waals surface area contributed by atoms with Crippen LogP contribution in [0.2, 0.25) is 0 Å². The summed E-state index contributed by atoms with van der Waals surface area (Å²) in [7, 11) is 0. The van der Waals surface area contributed by atoms with Gasteiger partial charge in [0.05, 0.1) is 16.7 Å². The molecular formula is C21H22N6O2. The third-order valence-electron chi connectivity index (χ3n) is 5.38. The fraction of sp³-hybridized carbons (Fsp3) is 0.286. The Labute approximate surface area is 166 Å². The molecule has 29 heavy (non-hydrogen) atoms. The van der Waals surface area contributed by atoms with Crippen molar-refractivity contribution in [2.45, 2.75) is 25.4 Å². The first-order chi connectivity index (χ1) is 14.2. The molecule has 4 heterocycles. The largest absolute Gasteiger partial charge is 0.383 e. The number of aromatic nitrogens is 4. The minimum absolute atomic E-state index is 0.0309. The lowest BCUT2D eigenvalue weighted by atomic mass is 10.1. The topological polar surface area (TPSA) is 122 Å². The van der Waals surface area contributed by atoms with Crippen LogP contribution in [0, 0.1) is 0 Å². The zero-order valence-electron chi connectivity index (χ0n) is 15.9. The second kappa shape index (κ2) is 7.21. The van der Waals surface area contributed by atoms with E-state index in [1.54, 1.807) is 6.20 Å². The monoisotopic (exact) mass is 390 g/mol. The van der Waals surface area contributed by atoms with Crippen LogP contribution in [0.5, 0.6) is 0 Å². The average Bonchev–Trinajstić information content (AvgIpc) is 3.48. The Bertz CT molecular complexity index is 1180. The van der Waals surface area contributed by atoms with Crippen LogP contribution < -0.4 is 11.1 Å². The SMILES string of the molecule is Nc1nc2cc(-c3ccn[nH]3)ccc2c2[nH]c(CCNC(=O)C3CCCO3)cc12. The highest BCUT2D eigenvalue weighted by Gasteiger charge is 2.23. The van der Waals surface area contributed by atoms with Gasteiger partial charge in [0.25, 0.3) is 0 Å². The number of anilines is 1. The van der Waals surface area contributed by atoms with Gasteiger partial charge in [-0.1, -0.05) is 12.1 Å². The maximum Gasteiger partial charge on any atom is 0.249 e. The van der Waals surface area contributed by atoms with Crippen molar-refractivity contribution >= 4 is 33.5 Å². The number of nitrogen functional groups attached to an aromatic ring is 1. The van der Waals surface area contributed by atoms with Gasteiger partial charge < -0.3 is 20.8 Å². The number of aromatic amines is 2. The lowest BCUT2D eigenvalue weighted by Gasteiger charge is -2.09. The van der Waals surface area contributed by atoms with E-state index in [1.165, 1.54) is 0 Å². The van der Waals surface area contributed by atoms with Crippen molar-refractivity contribution in [3.05, 3.63) is 42.2 Å². The number of nitrogens with zero attached hydrogens (tertiary/aromatic N) is 2. The van der Waals surface area contributed by atoms with Gasteiger partial charge in [-0.05, 0) is 31.0 Å². The third-order valence-corrected chi connectivity index (χ3v) is 5.38. The molecule has 1 atom stereocenters. The number of carbonyl (C=O) groups is 1. The molecule has 1 amide bonds. The maximum atomic E-state index is 12.1. The van der Waals surface area contributed by atoms with E-state index >= 15 is 0 Å². The summed E-state index contributed by atoms with van der Waals surface area (Å²) in [5, 5.41) is 11.8. The number of carbonyl (C=O) groups excluding carboxylic acids is 1. The maximum absolute atomic E-state index is 12.1. The Balaban J connectivity index is 1.39. The van der Waals surface area contributed by atoms with Crippen molar-refractivity contribution < 1.29 is 9.53 Å². The Morgan fingerprint density at radius 2 is 2.21 bits per heavy atom. The molecule has 1 fully saturated rings. The van der Waals surface area contributed by atoms with E-state index in [4.69, 9.17) is 10.5 Å². The van der Waals surface area contributed by atoms with Gasteiger partial charge in [0.2, 0.25) is 5.91 Å². The molecule has 5 N–H and O–H groups in total. The van der Waals surface area contributed by atoms with Gasteiger partial charge in [-0.15, -0.1) is 0 Å². The molecule has 0 bridgehead atoms. The highest BCUT2D eigenvalue weighted by Crippen LogP contribution is 2.31. The number of nitrogens with two attached hydrogens (primary N) is 1. The molecule has 0 spiro atoms. The zero-order chi connectivity index (χ0) is 19.8. The normalized spacial score (nSPS) is 16.6. The smallest absolute Gasteiger partial charge is 0.249 e. The summed E-state index contributed by atoms with van der Waals surface area (Å²) in [5.41, 5.74) is 11.0. The zero-order valence-corrected chi connectivity index (χ0v) is 15.9. The molecule has 1 saturated heterocycles. The summed E-state index contributed by atoms with van der Waals surface area (Å²) in [6.45, 7) is 1.21. The number of pyridine rings is 1. The van der Waals surface area contributed by atoms with Crippen molar-refractivity contribution in [2.75, 3.05) is 18.9 Å². The van der Waals surface area contributed by atoms with Gasteiger partial charge in [0.15, 0.2) is 0 Å². The number of hydrogen-bond donors (Lipinski definition) is 4. The van der Waals surface area contributed by atoms with Crippen LogP contribution in [-0.4, -0.2) is 45.3 Å². The minimum Gasteiger partial charge on any atom is -0.383 e.